The molecule has 0 spiro atoms. The third kappa shape index (κ3) is 5.42. The van der Waals surface area contributed by atoms with Crippen molar-refractivity contribution in [1.82, 2.24) is 10.6 Å². The largest absolute Gasteiger partial charge is 0.490 e. The third-order valence-electron chi connectivity index (χ3n) is 4.29. The van der Waals surface area contributed by atoms with Gasteiger partial charge in [-0.25, -0.2) is 0 Å². The number of hydrogen-bond acceptors (Lipinski definition) is 5. The Balaban J connectivity index is 1.65. The molecule has 0 bridgehead atoms. The minimum Gasteiger partial charge on any atom is -0.490 e. The van der Waals surface area contributed by atoms with Crippen molar-refractivity contribution in [3.63, 3.8) is 0 Å². The zero-order valence-electron chi connectivity index (χ0n) is 16.3. The maximum Gasteiger partial charge on any atom is 0.263 e. The van der Waals surface area contributed by atoms with Crippen LogP contribution in [0, 0.1) is 6.92 Å². The van der Waals surface area contributed by atoms with Gasteiger partial charge >= 0.3 is 0 Å². The first kappa shape index (κ1) is 20.5. The van der Waals surface area contributed by atoms with Gasteiger partial charge in [-0.2, -0.15) is 0 Å². The number of aryl methyl sites for hydroxylation is 2. The van der Waals surface area contributed by atoms with Gasteiger partial charge < -0.3 is 9.47 Å². The van der Waals surface area contributed by atoms with E-state index in [1.54, 1.807) is 18.2 Å². The number of benzene rings is 2. The van der Waals surface area contributed by atoms with Gasteiger partial charge in [0.25, 0.3) is 11.8 Å². The van der Waals surface area contributed by atoms with E-state index in [1.807, 2.05) is 25.1 Å². The van der Waals surface area contributed by atoms with E-state index in [0.717, 1.165) is 17.7 Å². The summed E-state index contributed by atoms with van der Waals surface area (Å²) >= 11 is 4.81. The van der Waals surface area contributed by atoms with E-state index in [2.05, 4.69) is 23.6 Å². The molecule has 29 heavy (non-hydrogen) atoms. The summed E-state index contributed by atoms with van der Waals surface area (Å²) in [6, 6.07) is 13.3. The normalized spacial score (nSPS) is 13.6. The fourth-order valence-electron chi connectivity index (χ4n) is 2.92. The van der Waals surface area contributed by atoms with Gasteiger partial charge in [-0.05, 0) is 61.0 Å². The molecule has 0 atom stereocenters. The van der Waals surface area contributed by atoms with E-state index in [0.29, 0.717) is 24.5 Å². The summed E-state index contributed by atoms with van der Waals surface area (Å²) in [5.41, 5.74) is 2.96. The lowest BCUT2D eigenvalue weighted by atomic mass is 10.1. The van der Waals surface area contributed by atoms with Crippen LogP contribution >= 0.6 is 12.2 Å². The van der Waals surface area contributed by atoms with Crippen LogP contribution in [0.2, 0.25) is 0 Å². The Kier molecular flexibility index (Phi) is 6.61. The van der Waals surface area contributed by atoms with E-state index in [1.165, 1.54) is 11.6 Å². The Morgan fingerprint density at radius 2 is 1.69 bits per heavy atom. The fraction of sp³-hybridized carbons (Fsp3) is 0.227. The second-order valence-corrected chi connectivity index (χ2v) is 6.95. The van der Waals surface area contributed by atoms with Gasteiger partial charge in [0, 0.05) is 5.56 Å². The number of ether oxygens (including phenoxy) is 2. The number of thiocarbonyl (C=S) groups is 1. The Bertz CT molecular complexity index is 963. The van der Waals surface area contributed by atoms with Gasteiger partial charge in [0.1, 0.15) is 30.3 Å². The van der Waals surface area contributed by atoms with E-state index < -0.39 is 11.8 Å². The van der Waals surface area contributed by atoms with Gasteiger partial charge in [-0.15, -0.1) is 0 Å². The zero-order valence-corrected chi connectivity index (χ0v) is 17.1. The predicted molar refractivity (Wildman–Crippen MR) is 115 cm³/mol. The summed E-state index contributed by atoms with van der Waals surface area (Å²) in [4.78, 5) is 24.1. The summed E-state index contributed by atoms with van der Waals surface area (Å²) in [5.74, 6) is 0.286. The number of carbonyl (C=O) groups excluding carboxylic acids is 2. The highest BCUT2D eigenvalue weighted by molar-refractivity contribution is 7.80. The summed E-state index contributed by atoms with van der Waals surface area (Å²) in [6.45, 7) is 4.83. The molecule has 2 aromatic rings. The molecule has 0 radical (unpaired) electrons. The van der Waals surface area contributed by atoms with Crippen molar-refractivity contribution in [1.29, 1.82) is 0 Å². The lowest BCUT2D eigenvalue weighted by molar-refractivity contribution is -0.123. The molecule has 1 heterocycles. The van der Waals surface area contributed by atoms with E-state index in [4.69, 9.17) is 21.7 Å². The average molecular weight is 410 g/mol. The van der Waals surface area contributed by atoms with Crippen LogP contribution in [0.1, 0.15) is 23.6 Å². The van der Waals surface area contributed by atoms with Crippen molar-refractivity contribution >= 4 is 35.2 Å². The maximum atomic E-state index is 12.0. The Morgan fingerprint density at radius 1 is 1.00 bits per heavy atom. The molecular formula is C22H22N2O4S. The van der Waals surface area contributed by atoms with Crippen LogP contribution in [0.3, 0.4) is 0 Å². The van der Waals surface area contributed by atoms with Crippen molar-refractivity contribution in [3.8, 4) is 11.5 Å². The van der Waals surface area contributed by atoms with E-state index in [9.17, 15) is 9.59 Å². The highest BCUT2D eigenvalue weighted by atomic mass is 32.1. The topological polar surface area (TPSA) is 76.7 Å². The standard InChI is InChI=1S/C22H22N2O4S/c1-3-15-10-14(2)11-17(12-15)27-8-9-28-19-7-5-4-6-16(19)13-18-20(25)23-22(29)24-21(18)26/h4-7,10-13H,3,8-9H2,1-2H3,(H2,23,24,25,26,29). The first-order valence-corrected chi connectivity index (χ1v) is 9.70. The molecular weight excluding hydrogens is 388 g/mol. The number of rotatable bonds is 7. The lowest BCUT2D eigenvalue weighted by Crippen LogP contribution is -2.51. The van der Waals surface area contributed by atoms with Crippen LogP contribution in [0.15, 0.2) is 48.0 Å². The lowest BCUT2D eigenvalue weighted by Gasteiger charge is -2.17. The molecule has 2 aromatic carbocycles. The van der Waals surface area contributed by atoms with Crippen molar-refractivity contribution in [2.75, 3.05) is 13.2 Å². The summed E-state index contributed by atoms with van der Waals surface area (Å²) < 4.78 is 11.6. The smallest absolute Gasteiger partial charge is 0.263 e. The third-order valence-corrected chi connectivity index (χ3v) is 4.49. The van der Waals surface area contributed by atoms with Crippen LogP contribution in [-0.2, 0) is 16.0 Å². The molecule has 1 aliphatic heterocycles. The molecule has 1 fully saturated rings. The zero-order chi connectivity index (χ0) is 20.8. The van der Waals surface area contributed by atoms with Gasteiger partial charge in [0.15, 0.2) is 5.11 Å². The summed E-state index contributed by atoms with van der Waals surface area (Å²) in [5, 5.41) is 4.83. The minimum atomic E-state index is -0.539. The first-order chi connectivity index (χ1) is 14.0. The van der Waals surface area contributed by atoms with Crippen molar-refractivity contribution < 1.29 is 19.1 Å². The van der Waals surface area contributed by atoms with Crippen molar-refractivity contribution in [2.45, 2.75) is 20.3 Å². The quantitative estimate of drug-likeness (QED) is 0.318. The molecule has 150 valence electrons. The molecule has 0 saturated carbocycles. The van der Waals surface area contributed by atoms with Crippen LogP contribution in [0.5, 0.6) is 11.5 Å². The molecule has 1 aliphatic rings. The second-order valence-electron chi connectivity index (χ2n) is 6.54. The van der Waals surface area contributed by atoms with Gasteiger partial charge in [0.2, 0.25) is 0 Å². The monoisotopic (exact) mass is 410 g/mol. The molecule has 2 N–H and O–H groups in total. The van der Waals surface area contributed by atoms with Crippen molar-refractivity contribution in [3.05, 3.63) is 64.7 Å². The maximum absolute atomic E-state index is 12.0. The molecule has 0 unspecified atom stereocenters. The highest BCUT2D eigenvalue weighted by Crippen LogP contribution is 2.22. The Labute approximate surface area is 174 Å². The molecule has 3 rings (SSSR count). The first-order valence-electron chi connectivity index (χ1n) is 9.30. The number of hydrogen-bond donors (Lipinski definition) is 2. The fourth-order valence-corrected chi connectivity index (χ4v) is 3.10. The Hall–Kier alpha value is -3.19. The van der Waals surface area contributed by atoms with Crippen molar-refractivity contribution in [2.24, 2.45) is 0 Å². The molecule has 2 amide bonds. The predicted octanol–water partition coefficient (Wildman–Crippen LogP) is 2.93. The Morgan fingerprint density at radius 3 is 2.41 bits per heavy atom. The van der Waals surface area contributed by atoms with Gasteiger partial charge in [-0.3, -0.25) is 20.2 Å². The number of para-hydroxylation sites is 1. The molecule has 1 saturated heterocycles. The molecule has 6 nitrogen and oxygen atoms in total. The van der Waals surface area contributed by atoms with Gasteiger partial charge in [0.05, 0.1) is 0 Å². The van der Waals surface area contributed by atoms with Gasteiger partial charge in [-0.1, -0.05) is 31.2 Å². The number of carbonyl (C=O) groups is 2. The van der Waals surface area contributed by atoms with Crippen LogP contribution in [-0.4, -0.2) is 30.1 Å². The SMILES string of the molecule is CCc1cc(C)cc(OCCOc2ccccc2C=C2C(=O)NC(=S)NC2=O)c1. The molecule has 0 aromatic heterocycles. The van der Waals surface area contributed by atoms with Crippen LogP contribution < -0.4 is 20.1 Å². The molecule has 7 heteroatoms. The van der Waals surface area contributed by atoms with Crippen LogP contribution in [0.4, 0.5) is 0 Å². The summed E-state index contributed by atoms with van der Waals surface area (Å²) in [6.07, 6.45) is 2.43. The van der Waals surface area contributed by atoms with E-state index in [-0.39, 0.29) is 10.7 Å². The minimum absolute atomic E-state index is 0.00112. The highest BCUT2D eigenvalue weighted by Gasteiger charge is 2.26. The van der Waals surface area contributed by atoms with Crippen LogP contribution in [0.25, 0.3) is 6.08 Å². The number of nitrogens with one attached hydrogen (secondary N) is 2. The molecule has 0 aliphatic carbocycles. The second kappa shape index (κ2) is 9.34. The van der Waals surface area contributed by atoms with E-state index >= 15 is 0 Å². The average Bonchev–Trinajstić information content (AvgIpc) is 2.68. The number of amides is 2. The summed E-state index contributed by atoms with van der Waals surface area (Å²) in [7, 11) is 0.